The van der Waals surface area contributed by atoms with Crippen LogP contribution in [-0.2, 0) is 6.42 Å². The molecule has 0 bridgehead atoms. The molecule has 0 unspecified atom stereocenters. The third-order valence-corrected chi connectivity index (χ3v) is 5.16. The molecule has 2 heterocycles. The molecule has 1 aliphatic carbocycles. The first-order valence-corrected chi connectivity index (χ1v) is 9.09. The molecular formula is C19H20ClN3O2. The fourth-order valence-corrected chi connectivity index (χ4v) is 3.73. The fraction of sp³-hybridized carbons (Fsp3) is 0.368. The summed E-state index contributed by atoms with van der Waals surface area (Å²) in [6.45, 7) is 0.532. The van der Waals surface area contributed by atoms with E-state index in [1.807, 2.05) is 24.4 Å². The number of nitrogens with one attached hydrogen (secondary N) is 2. The minimum atomic E-state index is -0.189. The number of aromatic nitrogens is 2. The fourth-order valence-electron chi connectivity index (χ4n) is 3.56. The van der Waals surface area contributed by atoms with E-state index in [2.05, 4.69) is 15.5 Å². The SMILES string of the molecule is O=C(NCCc1c[nH]c2ccc(Cl)cc12)c1cc(C2CCCC2)on1. The highest BCUT2D eigenvalue weighted by Crippen LogP contribution is 2.34. The molecule has 0 atom stereocenters. The quantitative estimate of drug-likeness (QED) is 0.709. The van der Waals surface area contributed by atoms with Crippen LogP contribution in [0.15, 0.2) is 35.0 Å². The zero-order valence-corrected chi connectivity index (χ0v) is 14.6. The summed E-state index contributed by atoms with van der Waals surface area (Å²) < 4.78 is 5.36. The van der Waals surface area contributed by atoms with Gasteiger partial charge in [0.2, 0.25) is 0 Å². The molecule has 1 fully saturated rings. The highest BCUT2D eigenvalue weighted by atomic mass is 35.5. The molecule has 6 heteroatoms. The summed E-state index contributed by atoms with van der Waals surface area (Å²) in [6, 6.07) is 7.55. The van der Waals surface area contributed by atoms with E-state index in [-0.39, 0.29) is 5.91 Å². The Labute approximate surface area is 150 Å². The summed E-state index contributed by atoms with van der Waals surface area (Å²) in [5, 5.41) is 8.64. The van der Waals surface area contributed by atoms with Gasteiger partial charge in [-0.15, -0.1) is 0 Å². The number of halogens is 1. The lowest BCUT2D eigenvalue weighted by atomic mass is 10.1. The zero-order chi connectivity index (χ0) is 17.2. The van der Waals surface area contributed by atoms with Crippen molar-refractivity contribution in [3.63, 3.8) is 0 Å². The summed E-state index contributed by atoms with van der Waals surface area (Å²) in [6.07, 6.45) is 7.38. The van der Waals surface area contributed by atoms with Crippen LogP contribution in [0.25, 0.3) is 10.9 Å². The summed E-state index contributed by atoms with van der Waals surface area (Å²) in [5.74, 6) is 1.07. The second-order valence-corrected chi connectivity index (χ2v) is 7.04. The van der Waals surface area contributed by atoms with E-state index >= 15 is 0 Å². The van der Waals surface area contributed by atoms with Crippen molar-refractivity contribution in [1.82, 2.24) is 15.5 Å². The van der Waals surface area contributed by atoms with E-state index < -0.39 is 0 Å². The summed E-state index contributed by atoms with van der Waals surface area (Å²) in [4.78, 5) is 15.5. The number of amides is 1. The van der Waals surface area contributed by atoms with Crippen LogP contribution in [-0.4, -0.2) is 22.6 Å². The third-order valence-electron chi connectivity index (χ3n) is 4.93. The van der Waals surface area contributed by atoms with Crippen molar-refractivity contribution >= 4 is 28.4 Å². The van der Waals surface area contributed by atoms with Crippen molar-refractivity contribution < 1.29 is 9.32 Å². The number of hydrogen-bond donors (Lipinski definition) is 2. The number of aromatic amines is 1. The Morgan fingerprint density at radius 3 is 3.00 bits per heavy atom. The Morgan fingerprint density at radius 2 is 2.16 bits per heavy atom. The Morgan fingerprint density at radius 1 is 1.32 bits per heavy atom. The van der Waals surface area contributed by atoms with Crippen molar-refractivity contribution in [3.8, 4) is 0 Å². The molecule has 0 radical (unpaired) electrons. The van der Waals surface area contributed by atoms with Crippen LogP contribution in [0.4, 0.5) is 0 Å². The van der Waals surface area contributed by atoms with Gasteiger partial charge >= 0.3 is 0 Å². The third kappa shape index (κ3) is 3.42. The zero-order valence-electron chi connectivity index (χ0n) is 13.8. The van der Waals surface area contributed by atoms with E-state index in [9.17, 15) is 4.79 Å². The van der Waals surface area contributed by atoms with Gasteiger partial charge < -0.3 is 14.8 Å². The molecule has 1 amide bonds. The van der Waals surface area contributed by atoms with Crippen molar-refractivity contribution in [2.24, 2.45) is 0 Å². The first-order valence-electron chi connectivity index (χ1n) is 8.71. The molecule has 0 spiro atoms. The largest absolute Gasteiger partial charge is 0.361 e. The second kappa shape index (κ2) is 6.92. The standard InChI is InChI=1S/C19H20ClN3O2/c20-14-5-6-16-15(9-14)13(11-22-16)7-8-21-19(24)17-10-18(25-23-17)12-3-1-2-4-12/h5-6,9-12,22H,1-4,7-8H2,(H,21,24). The Bertz CT molecular complexity index is 893. The normalized spacial score (nSPS) is 15.1. The average molecular weight is 358 g/mol. The molecule has 1 saturated carbocycles. The van der Waals surface area contributed by atoms with Crippen LogP contribution < -0.4 is 5.32 Å². The minimum absolute atomic E-state index is 0.189. The van der Waals surface area contributed by atoms with Crippen molar-refractivity contribution in [2.45, 2.75) is 38.0 Å². The van der Waals surface area contributed by atoms with Gasteiger partial charge in [0.1, 0.15) is 5.76 Å². The maximum Gasteiger partial charge on any atom is 0.273 e. The van der Waals surface area contributed by atoms with Crippen LogP contribution in [0.2, 0.25) is 5.02 Å². The molecule has 3 aromatic rings. The van der Waals surface area contributed by atoms with Gasteiger partial charge in [0.25, 0.3) is 5.91 Å². The lowest BCUT2D eigenvalue weighted by molar-refractivity contribution is 0.0945. The highest BCUT2D eigenvalue weighted by molar-refractivity contribution is 6.31. The van der Waals surface area contributed by atoms with Crippen molar-refractivity contribution in [1.29, 1.82) is 0 Å². The van der Waals surface area contributed by atoms with Gasteiger partial charge in [-0.25, -0.2) is 0 Å². The first kappa shape index (κ1) is 16.2. The lowest BCUT2D eigenvalue weighted by Gasteiger charge is -2.03. The summed E-state index contributed by atoms with van der Waals surface area (Å²) >= 11 is 6.07. The number of carbonyl (C=O) groups is 1. The Kier molecular flexibility index (Phi) is 4.49. The number of nitrogens with zero attached hydrogens (tertiary/aromatic N) is 1. The second-order valence-electron chi connectivity index (χ2n) is 6.61. The van der Waals surface area contributed by atoms with Crippen molar-refractivity contribution in [3.05, 3.63) is 52.5 Å². The van der Waals surface area contributed by atoms with Gasteiger partial charge in [0.15, 0.2) is 5.69 Å². The smallest absolute Gasteiger partial charge is 0.273 e. The molecular weight excluding hydrogens is 338 g/mol. The maximum atomic E-state index is 12.3. The molecule has 2 aromatic heterocycles. The molecule has 0 saturated heterocycles. The lowest BCUT2D eigenvalue weighted by Crippen LogP contribution is -2.25. The monoisotopic (exact) mass is 357 g/mol. The molecule has 0 aliphatic heterocycles. The summed E-state index contributed by atoms with van der Waals surface area (Å²) in [5.41, 5.74) is 2.54. The average Bonchev–Trinajstić information content (AvgIpc) is 3.35. The number of benzene rings is 1. The molecule has 5 nitrogen and oxygen atoms in total. The van der Waals surface area contributed by atoms with Crippen LogP contribution >= 0.6 is 11.6 Å². The van der Waals surface area contributed by atoms with E-state index in [4.69, 9.17) is 16.1 Å². The van der Waals surface area contributed by atoms with E-state index in [0.29, 0.717) is 23.2 Å². The molecule has 1 aromatic carbocycles. The predicted molar refractivity (Wildman–Crippen MR) is 97.1 cm³/mol. The number of fused-ring (bicyclic) bond motifs is 1. The van der Waals surface area contributed by atoms with E-state index in [1.54, 1.807) is 6.07 Å². The number of carbonyl (C=O) groups excluding carboxylic acids is 1. The van der Waals surface area contributed by atoms with Gasteiger partial charge in [-0.1, -0.05) is 29.6 Å². The van der Waals surface area contributed by atoms with Gasteiger partial charge in [-0.3, -0.25) is 4.79 Å². The maximum absolute atomic E-state index is 12.3. The topological polar surface area (TPSA) is 70.9 Å². The highest BCUT2D eigenvalue weighted by Gasteiger charge is 2.23. The minimum Gasteiger partial charge on any atom is -0.361 e. The van der Waals surface area contributed by atoms with Gasteiger partial charge in [-0.05, 0) is 43.0 Å². The number of hydrogen-bond acceptors (Lipinski definition) is 3. The van der Waals surface area contributed by atoms with Gasteiger partial charge in [0, 0.05) is 40.7 Å². The van der Waals surface area contributed by atoms with Crippen molar-refractivity contribution in [2.75, 3.05) is 6.54 Å². The molecule has 4 rings (SSSR count). The number of rotatable bonds is 5. The van der Waals surface area contributed by atoms with Crippen LogP contribution in [0.1, 0.15) is 53.4 Å². The van der Waals surface area contributed by atoms with E-state index in [1.165, 1.54) is 12.8 Å². The van der Waals surface area contributed by atoms with Crippen LogP contribution in [0, 0.1) is 0 Å². The molecule has 1 aliphatic rings. The van der Waals surface area contributed by atoms with Gasteiger partial charge in [-0.2, -0.15) is 0 Å². The predicted octanol–water partition coefficient (Wildman–Crippen LogP) is 4.44. The van der Waals surface area contributed by atoms with E-state index in [0.717, 1.165) is 41.5 Å². The number of H-pyrrole nitrogens is 1. The van der Waals surface area contributed by atoms with Gasteiger partial charge in [0.05, 0.1) is 0 Å². The Balaban J connectivity index is 1.36. The van der Waals surface area contributed by atoms with Crippen LogP contribution in [0.3, 0.4) is 0 Å². The molecule has 130 valence electrons. The first-order chi connectivity index (χ1) is 12.2. The Hall–Kier alpha value is -2.27. The summed E-state index contributed by atoms with van der Waals surface area (Å²) in [7, 11) is 0. The molecule has 2 N–H and O–H groups in total. The molecule has 25 heavy (non-hydrogen) atoms. The van der Waals surface area contributed by atoms with Crippen LogP contribution in [0.5, 0.6) is 0 Å².